The van der Waals surface area contributed by atoms with Gasteiger partial charge in [-0.3, -0.25) is 4.79 Å². The molecule has 0 saturated carbocycles. The van der Waals surface area contributed by atoms with Gasteiger partial charge in [-0.05, 0) is 87.0 Å². The van der Waals surface area contributed by atoms with E-state index in [2.05, 4.69) is 43.4 Å². The number of aromatic nitrogens is 2. The van der Waals surface area contributed by atoms with Crippen molar-refractivity contribution in [3.8, 4) is 0 Å². The number of hydrogen-bond donors (Lipinski definition) is 4. The van der Waals surface area contributed by atoms with Crippen LogP contribution < -0.4 is 21.3 Å². The Morgan fingerprint density at radius 2 is 1.89 bits per heavy atom. The van der Waals surface area contributed by atoms with Gasteiger partial charge in [0.25, 0.3) is 0 Å². The number of carbonyl (C=O) groups excluding carboxylic acids is 1. The van der Waals surface area contributed by atoms with E-state index in [1.165, 1.54) is 5.56 Å². The van der Waals surface area contributed by atoms with Gasteiger partial charge in [0.2, 0.25) is 11.9 Å². The highest BCUT2D eigenvalue weighted by atomic mass is 19.4. The van der Waals surface area contributed by atoms with Crippen LogP contribution >= 0.6 is 0 Å². The first-order valence-electron chi connectivity index (χ1n) is 12.7. The third kappa shape index (κ3) is 5.05. The summed E-state index contributed by atoms with van der Waals surface area (Å²) in [6.45, 7) is 7.60. The van der Waals surface area contributed by atoms with Gasteiger partial charge in [0, 0.05) is 24.1 Å². The number of rotatable bonds is 6. The molecule has 5 rings (SSSR count). The maximum atomic E-state index is 13.8. The first kappa shape index (κ1) is 26.0. The zero-order valence-electron chi connectivity index (χ0n) is 21.6. The van der Waals surface area contributed by atoms with Crippen LogP contribution in [0, 0.1) is 6.92 Å². The average Bonchev–Trinajstić information content (AvgIpc) is 3.12. The van der Waals surface area contributed by atoms with Crippen molar-refractivity contribution in [3.63, 3.8) is 0 Å². The van der Waals surface area contributed by atoms with Crippen LogP contribution in [0.5, 0.6) is 0 Å². The molecule has 3 aromatic rings. The molecule has 2 aliphatic rings. The van der Waals surface area contributed by atoms with Crippen LogP contribution in [-0.2, 0) is 22.9 Å². The van der Waals surface area contributed by atoms with Crippen LogP contribution in [0.15, 0.2) is 42.6 Å². The van der Waals surface area contributed by atoms with Crippen molar-refractivity contribution in [2.45, 2.75) is 57.7 Å². The Morgan fingerprint density at radius 1 is 1.13 bits per heavy atom. The summed E-state index contributed by atoms with van der Waals surface area (Å²) in [6, 6.07) is 11.5. The molecule has 2 aromatic carbocycles. The van der Waals surface area contributed by atoms with E-state index in [4.69, 9.17) is 0 Å². The largest absolute Gasteiger partial charge is 0.421 e. The average molecular weight is 525 g/mol. The lowest BCUT2D eigenvalue weighted by Gasteiger charge is -2.24. The molecule has 0 bridgehead atoms. The molecule has 0 unspecified atom stereocenters. The van der Waals surface area contributed by atoms with Crippen molar-refractivity contribution in [2.24, 2.45) is 0 Å². The summed E-state index contributed by atoms with van der Waals surface area (Å²) in [4.78, 5) is 20.6. The number of benzene rings is 2. The lowest BCUT2D eigenvalue weighted by molar-refractivity contribution is -0.137. The van der Waals surface area contributed by atoms with Crippen LogP contribution in [0.3, 0.4) is 0 Å². The van der Waals surface area contributed by atoms with Gasteiger partial charge in [-0.25, -0.2) is 4.98 Å². The third-order valence-corrected chi connectivity index (χ3v) is 7.44. The number of alkyl halides is 3. The van der Waals surface area contributed by atoms with E-state index in [1.54, 1.807) is 32.0 Å². The highest BCUT2D eigenvalue weighted by Crippen LogP contribution is 2.40. The maximum absolute atomic E-state index is 13.8. The molecule has 4 N–H and O–H groups in total. The van der Waals surface area contributed by atoms with Crippen molar-refractivity contribution in [1.82, 2.24) is 15.3 Å². The quantitative estimate of drug-likeness (QED) is 0.323. The second-order valence-electron chi connectivity index (χ2n) is 10.4. The number of carbonyl (C=O) groups is 1. The SMILES string of the molecule is Cc1cc(C2CCNCC2)ccc1Nc1ncc(C(F)(F)F)c(NCc2cccc3c2C(C)(C)C(=O)N3)n1. The molecule has 0 radical (unpaired) electrons. The highest BCUT2D eigenvalue weighted by Gasteiger charge is 2.40. The molecule has 1 amide bonds. The molecule has 0 aliphatic carbocycles. The first-order chi connectivity index (χ1) is 18.0. The van der Waals surface area contributed by atoms with Gasteiger partial charge in [0.05, 0.1) is 5.41 Å². The molecule has 38 heavy (non-hydrogen) atoms. The minimum atomic E-state index is -4.64. The molecular weight excluding hydrogens is 493 g/mol. The predicted molar refractivity (Wildman–Crippen MR) is 142 cm³/mol. The summed E-state index contributed by atoms with van der Waals surface area (Å²) >= 11 is 0. The van der Waals surface area contributed by atoms with Crippen molar-refractivity contribution in [3.05, 3.63) is 70.4 Å². The fraction of sp³-hybridized carbons (Fsp3) is 0.393. The van der Waals surface area contributed by atoms with Gasteiger partial charge < -0.3 is 21.3 Å². The minimum absolute atomic E-state index is 0.0606. The Morgan fingerprint density at radius 3 is 2.61 bits per heavy atom. The number of anilines is 4. The lowest BCUT2D eigenvalue weighted by atomic mass is 9.83. The number of piperidine rings is 1. The summed E-state index contributed by atoms with van der Waals surface area (Å²) < 4.78 is 41.4. The monoisotopic (exact) mass is 524 g/mol. The minimum Gasteiger partial charge on any atom is -0.365 e. The number of hydrogen-bond acceptors (Lipinski definition) is 6. The second-order valence-corrected chi connectivity index (χ2v) is 10.4. The van der Waals surface area contributed by atoms with Crippen LogP contribution in [-0.4, -0.2) is 29.0 Å². The van der Waals surface area contributed by atoms with Gasteiger partial charge in [0.15, 0.2) is 0 Å². The Kier molecular flexibility index (Phi) is 6.77. The third-order valence-electron chi connectivity index (χ3n) is 7.44. The summed E-state index contributed by atoms with van der Waals surface area (Å²) in [5.74, 6) is 0.0865. The smallest absolute Gasteiger partial charge is 0.365 e. The topological polar surface area (TPSA) is 91.0 Å². The van der Waals surface area contributed by atoms with Gasteiger partial charge >= 0.3 is 6.18 Å². The first-order valence-corrected chi connectivity index (χ1v) is 12.7. The predicted octanol–water partition coefficient (Wildman–Crippen LogP) is 5.86. The molecule has 7 nitrogen and oxygen atoms in total. The number of amides is 1. The fourth-order valence-electron chi connectivity index (χ4n) is 5.30. The van der Waals surface area contributed by atoms with Crippen molar-refractivity contribution >= 4 is 29.0 Å². The Labute approximate surface area is 219 Å². The normalized spacial score (nSPS) is 17.2. The summed E-state index contributed by atoms with van der Waals surface area (Å²) in [5, 5.41) is 12.2. The second kappa shape index (κ2) is 9.90. The molecular formula is C28H31F3N6O. The number of nitrogens with one attached hydrogen (secondary N) is 4. The molecule has 200 valence electrons. The lowest BCUT2D eigenvalue weighted by Crippen LogP contribution is -2.28. The molecule has 3 heterocycles. The van der Waals surface area contributed by atoms with Crippen molar-refractivity contribution in [1.29, 1.82) is 0 Å². The van der Waals surface area contributed by atoms with E-state index in [9.17, 15) is 18.0 Å². The molecule has 1 saturated heterocycles. The molecule has 2 aliphatic heterocycles. The van der Waals surface area contributed by atoms with E-state index in [1.807, 2.05) is 13.0 Å². The van der Waals surface area contributed by atoms with Gasteiger partial charge in [0.1, 0.15) is 11.4 Å². The number of fused-ring (bicyclic) bond motifs is 1. The van der Waals surface area contributed by atoms with Gasteiger partial charge in [-0.1, -0.05) is 24.3 Å². The Hall–Kier alpha value is -3.66. The van der Waals surface area contributed by atoms with Crippen LogP contribution in [0.4, 0.5) is 36.3 Å². The van der Waals surface area contributed by atoms with Gasteiger partial charge in [-0.15, -0.1) is 0 Å². The summed E-state index contributed by atoms with van der Waals surface area (Å²) in [6.07, 6.45) is -1.69. The van der Waals surface area contributed by atoms with Crippen molar-refractivity contribution < 1.29 is 18.0 Å². The number of halogens is 3. The van der Waals surface area contributed by atoms with E-state index < -0.39 is 17.2 Å². The molecule has 0 spiro atoms. The van der Waals surface area contributed by atoms with E-state index >= 15 is 0 Å². The van der Waals surface area contributed by atoms with E-state index in [-0.39, 0.29) is 24.2 Å². The van der Waals surface area contributed by atoms with Crippen LogP contribution in [0.25, 0.3) is 0 Å². The highest BCUT2D eigenvalue weighted by molar-refractivity contribution is 6.06. The maximum Gasteiger partial charge on any atom is 0.421 e. The zero-order chi connectivity index (χ0) is 27.1. The molecule has 10 heteroatoms. The number of aryl methyl sites for hydroxylation is 1. The zero-order valence-corrected chi connectivity index (χ0v) is 21.6. The fourth-order valence-corrected chi connectivity index (χ4v) is 5.30. The van der Waals surface area contributed by atoms with Crippen LogP contribution in [0.1, 0.15) is 60.4 Å². The summed E-state index contributed by atoms with van der Waals surface area (Å²) in [5.41, 5.74) is 3.37. The Bertz CT molecular complexity index is 1370. The van der Waals surface area contributed by atoms with Gasteiger partial charge in [-0.2, -0.15) is 18.2 Å². The molecule has 1 fully saturated rings. The Balaban J connectivity index is 1.39. The molecule has 0 atom stereocenters. The standard InChI is InChI=1S/C28H31F3N6O/c1-16-13-18(17-9-11-32-12-10-17)7-8-21(16)36-26-34-15-20(28(29,30)31)24(37-26)33-14-19-5-4-6-22-23(19)27(2,3)25(38)35-22/h4-8,13,15,17,32H,9-12,14H2,1-3H3,(H,35,38)(H2,33,34,36,37). The van der Waals surface area contributed by atoms with Crippen LogP contribution in [0.2, 0.25) is 0 Å². The van der Waals surface area contributed by atoms with Crippen molar-refractivity contribution in [2.75, 3.05) is 29.0 Å². The number of nitrogens with zero attached hydrogens (tertiary/aromatic N) is 2. The van der Waals surface area contributed by atoms with E-state index in [0.717, 1.165) is 54.5 Å². The van der Waals surface area contributed by atoms with E-state index in [0.29, 0.717) is 11.6 Å². The molecule has 1 aromatic heterocycles. The summed E-state index contributed by atoms with van der Waals surface area (Å²) in [7, 11) is 0.